The molecule has 0 unspecified atom stereocenters. The summed E-state index contributed by atoms with van der Waals surface area (Å²) in [5, 5.41) is 9.02. The average Bonchev–Trinajstić information content (AvgIpc) is 2.06. The highest BCUT2D eigenvalue weighted by Gasteiger charge is 2.57. The van der Waals surface area contributed by atoms with Gasteiger partial charge in [0.1, 0.15) is 5.75 Å². The quantitative estimate of drug-likeness (QED) is 0.462. The van der Waals surface area contributed by atoms with Crippen molar-refractivity contribution in [2.45, 2.75) is 18.3 Å². The first-order valence-corrected chi connectivity index (χ1v) is 4.25. The Morgan fingerprint density at radius 3 is 1.82 bits per heavy atom. The molecule has 0 heterocycles. The summed E-state index contributed by atoms with van der Waals surface area (Å²) in [5.41, 5.74) is 3.70. The Hall–Kier alpha value is -1.60. The molecule has 0 aliphatic rings. The van der Waals surface area contributed by atoms with Crippen LogP contribution in [0.3, 0.4) is 0 Å². The number of phenolic OH excluding ortho intramolecular Hbond substituents is 1. The Kier molecular flexibility index (Phi) is 3.17. The van der Waals surface area contributed by atoms with E-state index >= 15 is 0 Å². The summed E-state index contributed by atoms with van der Waals surface area (Å²) in [6.45, 7) is 0. The van der Waals surface area contributed by atoms with E-state index in [9.17, 15) is 26.3 Å². The lowest BCUT2D eigenvalue weighted by Crippen LogP contribution is -2.34. The van der Waals surface area contributed by atoms with E-state index in [-0.39, 0.29) is 5.69 Å². The molecule has 1 aromatic rings. The normalized spacial score (nSPS) is 13.1. The maximum atomic E-state index is 12.3. The third kappa shape index (κ3) is 2.95. The largest absolute Gasteiger partial charge is 0.506 e. The molecule has 0 amide bonds. The summed E-state index contributed by atoms with van der Waals surface area (Å²) in [6, 6.07) is 1.73. The molecule has 96 valence electrons. The van der Waals surface area contributed by atoms with Crippen LogP contribution in [0.25, 0.3) is 0 Å². The molecule has 0 bridgehead atoms. The molecule has 3 N–H and O–H groups in total. The fourth-order valence-corrected chi connectivity index (χ4v) is 1.30. The molecule has 0 fully saturated rings. The number of alkyl halides is 6. The highest BCUT2D eigenvalue weighted by Crippen LogP contribution is 2.47. The maximum absolute atomic E-state index is 12.3. The molecule has 1 rings (SSSR count). The molecule has 1 aromatic carbocycles. The maximum Gasteiger partial charge on any atom is 0.404 e. The molecular weight excluding hydrogens is 252 g/mol. The van der Waals surface area contributed by atoms with E-state index < -0.39 is 29.6 Å². The van der Waals surface area contributed by atoms with Crippen molar-refractivity contribution in [1.29, 1.82) is 0 Å². The second-order valence-corrected chi connectivity index (χ2v) is 3.33. The van der Waals surface area contributed by atoms with E-state index in [1.807, 2.05) is 0 Å². The third-order valence-electron chi connectivity index (χ3n) is 2.04. The van der Waals surface area contributed by atoms with Gasteiger partial charge in [-0.25, -0.2) is 0 Å². The molecule has 0 saturated heterocycles. The lowest BCUT2D eigenvalue weighted by atomic mass is 9.97. The van der Waals surface area contributed by atoms with Crippen LogP contribution >= 0.6 is 0 Å². The van der Waals surface area contributed by atoms with E-state index in [0.717, 1.165) is 6.07 Å². The summed E-state index contributed by atoms with van der Waals surface area (Å²) >= 11 is 0. The monoisotopic (exact) mass is 259 g/mol. The summed E-state index contributed by atoms with van der Waals surface area (Å²) in [7, 11) is 0. The number of hydrogen-bond donors (Lipinski definition) is 2. The number of hydrogen-bond acceptors (Lipinski definition) is 2. The van der Waals surface area contributed by atoms with E-state index in [1.54, 1.807) is 0 Å². The first kappa shape index (κ1) is 13.5. The summed E-state index contributed by atoms with van der Waals surface area (Å²) in [4.78, 5) is 0. The number of halogens is 6. The fraction of sp³-hybridized carbons (Fsp3) is 0.333. The molecule has 0 spiro atoms. The molecule has 0 aliphatic carbocycles. The Balaban J connectivity index is 3.29. The van der Waals surface area contributed by atoms with Crippen molar-refractivity contribution in [1.82, 2.24) is 0 Å². The van der Waals surface area contributed by atoms with Crippen LogP contribution < -0.4 is 5.73 Å². The van der Waals surface area contributed by atoms with E-state index in [4.69, 9.17) is 10.8 Å². The van der Waals surface area contributed by atoms with Crippen LogP contribution in [0.5, 0.6) is 5.75 Å². The Morgan fingerprint density at radius 2 is 1.47 bits per heavy atom. The number of rotatable bonds is 1. The lowest BCUT2D eigenvalue weighted by molar-refractivity contribution is -0.253. The van der Waals surface area contributed by atoms with Crippen LogP contribution in [0.1, 0.15) is 11.5 Å². The third-order valence-corrected chi connectivity index (χ3v) is 2.04. The van der Waals surface area contributed by atoms with Crippen molar-refractivity contribution in [2.24, 2.45) is 0 Å². The Bertz CT molecular complexity index is 397. The molecule has 0 atom stereocenters. The first-order valence-electron chi connectivity index (χ1n) is 4.25. The highest BCUT2D eigenvalue weighted by atomic mass is 19.4. The number of anilines is 1. The fourth-order valence-electron chi connectivity index (χ4n) is 1.30. The number of nitrogen functional groups attached to an aromatic ring is 1. The van der Waals surface area contributed by atoms with Gasteiger partial charge in [0.25, 0.3) is 0 Å². The molecule has 2 nitrogen and oxygen atoms in total. The lowest BCUT2D eigenvalue weighted by Gasteiger charge is -2.23. The Morgan fingerprint density at radius 1 is 1.00 bits per heavy atom. The predicted octanol–water partition coefficient (Wildman–Crippen LogP) is 3.18. The van der Waals surface area contributed by atoms with Crippen LogP contribution in [0.4, 0.5) is 32.0 Å². The van der Waals surface area contributed by atoms with Gasteiger partial charge in [0.05, 0.1) is 5.69 Å². The van der Waals surface area contributed by atoms with Crippen LogP contribution in [0.15, 0.2) is 18.2 Å². The molecule has 8 heteroatoms. The zero-order valence-corrected chi connectivity index (χ0v) is 8.10. The molecular formula is C9H7F6NO. The van der Waals surface area contributed by atoms with Gasteiger partial charge in [-0.3, -0.25) is 0 Å². The number of aromatic hydroxyl groups is 1. The van der Waals surface area contributed by atoms with Crippen molar-refractivity contribution in [3.8, 4) is 5.75 Å². The minimum absolute atomic E-state index is 0.295. The van der Waals surface area contributed by atoms with Gasteiger partial charge in [-0.2, -0.15) is 26.3 Å². The zero-order chi connectivity index (χ0) is 13.4. The molecule has 0 saturated carbocycles. The van der Waals surface area contributed by atoms with Gasteiger partial charge in [0.15, 0.2) is 5.92 Å². The van der Waals surface area contributed by atoms with Crippen LogP contribution in [0.2, 0.25) is 0 Å². The van der Waals surface area contributed by atoms with Crippen molar-refractivity contribution in [3.63, 3.8) is 0 Å². The van der Waals surface area contributed by atoms with Crippen molar-refractivity contribution >= 4 is 5.69 Å². The summed E-state index contributed by atoms with van der Waals surface area (Å²) < 4.78 is 73.8. The molecule has 0 aliphatic heterocycles. The van der Waals surface area contributed by atoms with Crippen LogP contribution in [0, 0.1) is 0 Å². The second-order valence-electron chi connectivity index (χ2n) is 3.33. The van der Waals surface area contributed by atoms with Gasteiger partial charge in [0, 0.05) is 0 Å². The van der Waals surface area contributed by atoms with Crippen molar-refractivity contribution in [3.05, 3.63) is 23.8 Å². The van der Waals surface area contributed by atoms with Gasteiger partial charge < -0.3 is 10.8 Å². The Labute approximate surface area is 91.7 Å². The minimum atomic E-state index is -5.49. The number of phenols is 1. The molecule has 0 aromatic heterocycles. The predicted molar refractivity (Wildman–Crippen MR) is 47.4 cm³/mol. The van der Waals surface area contributed by atoms with Crippen molar-refractivity contribution < 1.29 is 31.4 Å². The highest BCUT2D eigenvalue weighted by molar-refractivity contribution is 5.53. The second kappa shape index (κ2) is 4.01. The zero-order valence-electron chi connectivity index (χ0n) is 8.10. The van der Waals surface area contributed by atoms with Gasteiger partial charge in [-0.15, -0.1) is 0 Å². The minimum Gasteiger partial charge on any atom is -0.506 e. The smallest absolute Gasteiger partial charge is 0.404 e. The van der Waals surface area contributed by atoms with Crippen molar-refractivity contribution in [2.75, 3.05) is 5.73 Å². The molecule has 0 radical (unpaired) electrons. The topological polar surface area (TPSA) is 46.2 Å². The summed E-state index contributed by atoms with van der Waals surface area (Å²) in [6.07, 6.45) is -11.0. The van der Waals surface area contributed by atoms with Gasteiger partial charge in [-0.1, -0.05) is 6.07 Å². The summed E-state index contributed by atoms with van der Waals surface area (Å²) in [5.74, 6) is -4.46. The van der Waals surface area contributed by atoms with Gasteiger partial charge >= 0.3 is 12.4 Å². The van der Waals surface area contributed by atoms with Gasteiger partial charge in [-0.05, 0) is 17.7 Å². The number of nitrogens with two attached hydrogens (primary N) is 1. The standard InChI is InChI=1S/C9H7F6NO/c10-8(11,12)7(9(13,14)15)4-1-2-5(16)6(17)3-4/h1-3,7,17H,16H2. The van der Waals surface area contributed by atoms with E-state index in [2.05, 4.69) is 0 Å². The first-order chi connectivity index (χ1) is 7.53. The van der Waals surface area contributed by atoms with Crippen LogP contribution in [-0.4, -0.2) is 17.5 Å². The van der Waals surface area contributed by atoms with E-state index in [0.29, 0.717) is 12.1 Å². The van der Waals surface area contributed by atoms with E-state index in [1.165, 1.54) is 0 Å². The SMILES string of the molecule is Nc1ccc(C(C(F)(F)F)C(F)(F)F)cc1O. The van der Waals surface area contributed by atoms with Crippen LogP contribution in [-0.2, 0) is 0 Å². The number of benzene rings is 1. The van der Waals surface area contributed by atoms with Gasteiger partial charge in [0.2, 0.25) is 0 Å². The molecule has 17 heavy (non-hydrogen) atoms. The average molecular weight is 259 g/mol.